The molecule has 0 saturated carbocycles. The third kappa shape index (κ3) is 3.60. The summed E-state index contributed by atoms with van der Waals surface area (Å²) in [6.45, 7) is 3.60. The molecule has 0 bridgehead atoms. The number of ether oxygens (including phenoxy) is 1. The van der Waals surface area contributed by atoms with Crippen molar-refractivity contribution in [3.8, 4) is 12.0 Å². The quantitative estimate of drug-likeness (QED) is 0.698. The first-order valence-corrected chi connectivity index (χ1v) is 8.30. The summed E-state index contributed by atoms with van der Waals surface area (Å²) in [7, 11) is 0. The van der Waals surface area contributed by atoms with E-state index in [2.05, 4.69) is 5.32 Å². The van der Waals surface area contributed by atoms with E-state index in [4.69, 9.17) is 9.15 Å². The minimum Gasteiger partial charge on any atom is -0.462 e. The molecule has 1 aromatic carbocycles. The van der Waals surface area contributed by atoms with Crippen LogP contribution in [-0.4, -0.2) is 23.1 Å². The Morgan fingerprint density at radius 1 is 1.26 bits per heavy atom. The Bertz CT molecular complexity index is 1030. The minimum atomic E-state index is -0.493. The van der Waals surface area contributed by atoms with Gasteiger partial charge in [-0.15, -0.1) is 0 Å². The number of amides is 1. The number of nitrogens with one attached hydrogen (secondary N) is 1. The molecule has 0 saturated heterocycles. The van der Waals surface area contributed by atoms with E-state index in [9.17, 15) is 14.9 Å². The molecule has 0 atom stereocenters. The van der Waals surface area contributed by atoms with Gasteiger partial charge < -0.3 is 14.5 Å². The lowest BCUT2D eigenvalue weighted by atomic mass is 10.1. The molecule has 0 unspecified atom stereocenters. The van der Waals surface area contributed by atoms with E-state index in [-0.39, 0.29) is 23.6 Å². The maximum absolute atomic E-state index is 12.8. The van der Waals surface area contributed by atoms with Crippen molar-refractivity contribution in [1.82, 2.24) is 4.57 Å². The fourth-order valence-corrected chi connectivity index (χ4v) is 2.69. The Hall–Kier alpha value is -3.79. The van der Waals surface area contributed by atoms with Gasteiger partial charge in [-0.2, -0.15) is 5.26 Å². The van der Waals surface area contributed by atoms with Gasteiger partial charge in [-0.1, -0.05) is 6.07 Å². The standard InChI is InChI=1S/C20H17N3O4/c1-3-26-20(25)14-7-6-8-15(11-14)22-18(24)17-13(2)27-19(16(17)12-21)23-9-4-5-10-23/h4-11H,3H2,1-2H3,(H,22,24). The molecular weight excluding hydrogens is 346 g/mol. The highest BCUT2D eigenvalue weighted by atomic mass is 16.5. The third-order valence-corrected chi connectivity index (χ3v) is 3.88. The highest BCUT2D eigenvalue weighted by molar-refractivity contribution is 6.07. The predicted molar refractivity (Wildman–Crippen MR) is 97.8 cm³/mol. The number of rotatable bonds is 5. The zero-order chi connectivity index (χ0) is 19.4. The number of benzene rings is 1. The van der Waals surface area contributed by atoms with E-state index in [1.54, 1.807) is 61.1 Å². The summed E-state index contributed by atoms with van der Waals surface area (Å²) in [4.78, 5) is 24.6. The summed E-state index contributed by atoms with van der Waals surface area (Å²) in [5, 5.41) is 12.2. The van der Waals surface area contributed by atoms with E-state index in [0.29, 0.717) is 17.0 Å². The topological polar surface area (TPSA) is 97.3 Å². The average molecular weight is 363 g/mol. The van der Waals surface area contributed by atoms with Crippen LogP contribution in [0.3, 0.4) is 0 Å². The number of nitriles is 1. The van der Waals surface area contributed by atoms with E-state index in [0.717, 1.165) is 0 Å². The molecule has 0 aliphatic heterocycles. The molecule has 0 fully saturated rings. The first kappa shape index (κ1) is 18.0. The van der Waals surface area contributed by atoms with Crippen molar-refractivity contribution in [1.29, 1.82) is 5.26 Å². The van der Waals surface area contributed by atoms with Crippen molar-refractivity contribution in [3.63, 3.8) is 0 Å². The molecule has 27 heavy (non-hydrogen) atoms. The number of esters is 1. The number of anilines is 1. The molecule has 136 valence electrons. The van der Waals surface area contributed by atoms with Gasteiger partial charge in [0.2, 0.25) is 5.88 Å². The van der Waals surface area contributed by atoms with Gasteiger partial charge in [0.25, 0.3) is 5.91 Å². The van der Waals surface area contributed by atoms with E-state index in [1.165, 1.54) is 6.07 Å². The Labute approximate surface area is 155 Å². The summed E-state index contributed by atoms with van der Waals surface area (Å²) in [5.41, 5.74) is 1.04. The van der Waals surface area contributed by atoms with Crippen LogP contribution in [-0.2, 0) is 4.74 Å². The van der Waals surface area contributed by atoms with E-state index in [1.807, 2.05) is 6.07 Å². The van der Waals surface area contributed by atoms with Crippen molar-refractivity contribution in [2.75, 3.05) is 11.9 Å². The van der Waals surface area contributed by atoms with Gasteiger partial charge >= 0.3 is 5.97 Å². The van der Waals surface area contributed by atoms with Crippen LogP contribution in [0.1, 0.15) is 39.0 Å². The first-order chi connectivity index (χ1) is 13.0. The largest absolute Gasteiger partial charge is 0.462 e. The number of furan rings is 1. The maximum atomic E-state index is 12.8. The van der Waals surface area contributed by atoms with Crippen LogP contribution in [0.5, 0.6) is 0 Å². The van der Waals surface area contributed by atoms with Gasteiger partial charge in [-0.05, 0) is 44.2 Å². The molecule has 2 aromatic heterocycles. The summed E-state index contributed by atoms with van der Waals surface area (Å²) in [5.74, 6) is -0.354. The summed E-state index contributed by atoms with van der Waals surface area (Å²) < 4.78 is 12.2. The van der Waals surface area contributed by atoms with Gasteiger partial charge in [-0.3, -0.25) is 9.36 Å². The van der Waals surface area contributed by atoms with Crippen molar-refractivity contribution in [2.24, 2.45) is 0 Å². The predicted octanol–water partition coefficient (Wildman–Crippen LogP) is 3.68. The smallest absolute Gasteiger partial charge is 0.338 e. The molecule has 0 aliphatic rings. The number of hydrogen-bond acceptors (Lipinski definition) is 5. The fourth-order valence-electron chi connectivity index (χ4n) is 2.69. The van der Waals surface area contributed by atoms with Gasteiger partial charge in [0, 0.05) is 18.1 Å². The molecule has 1 N–H and O–H groups in total. The second-order valence-electron chi connectivity index (χ2n) is 5.67. The molecule has 7 nitrogen and oxygen atoms in total. The average Bonchev–Trinajstić information content (AvgIpc) is 3.29. The molecule has 3 aromatic rings. The second-order valence-corrected chi connectivity index (χ2v) is 5.67. The molecule has 7 heteroatoms. The summed E-state index contributed by atoms with van der Waals surface area (Å²) >= 11 is 0. The van der Waals surface area contributed by atoms with Gasteiger partial charge in [0.05, 0.1) is 12.2 Å². The monoisotopic (exact) mass is 363 g/mol. The SMILES string of the molecule is CCOC(=O)c1cccc(NC(=O)c2c(C)oc(-n3cccc3)c2C#N)c1. The highest BCUT2D eigenvalue weighted by Gasteiger charge is 2.24. The minimum absolute atomic E-state index is 0.141. The van der Waals surface area contributed by atoms with E-state index >= 15 is 0 Å². The molecule has 3 rings (SSSR count). The molecule has 0 radical (unpaired) electrons. The number of carbonyl (C=O) groups excluding carboxylic acids is 2. The van der Waals surface area contributed by atoms with Gasteiger partial charge in [0.15, 0.2) is 0 Å². The summed E-state index contributed by atoms with van der Waals surface area (Å²) in [6.07, 6.45) is 3.45. The number of aryl methyl sites for hydroxylation is 1. The van der Waals surface area contributed by atoms with Crippen molar-refractivity contribution in [3.05, 3.63) is 71.2 Å². The normalized spacial score (nSPS) is 10.3. The van der Waals surface area contributed by atoms with Crippen LogP contribution < -0.4 is 5.32 Å². The first-order valence-electron chi connectivity index (χ1n) is 8.30. The van der Waals surface area contributed by atoms with E-state index < -0.39 is 11.9 Å². The van der Waals surface area contributed by atoms with Crippen LogP contribution in [0.25, 0.3) is 5.88 Å². The number of aromatic nitrogens is 1. The Morgan fingerprint density at radius 3 is 2.67 bits per heavy atom. The zero-order valence-corrected chi connectivity index (χ0v) is 14.9. The number of hydrogen-bond donors (Lipinski definition) is 1. The van der Waals surface area contributed by atoms with Gasteiger partial charge in [0.1, 0.15) is 23.0 Å². The van der Waals surface area contributed by atoms with Gasteiger partial charge in [-0.25, -0.2) is 4.79 Å². The second kappa shape index (κ2) is 7.62. The third-order valence-electron chi connectivity index (χ3n) is 3.88. The Balaban J connectivity index is 1.91. The molecule has 1 amide bonds. The maximum Gasteiger partial charge on any atom is 0.338 e. The lowest BCUT2D eigenvalue weighted by Crippen LogP contribution is -2.14. The van der Waals surface area contributed by atoms with Crippen LogP contribution in [0.4, 0.5) is 5.69 Å². The number of nitrogens with zero attached hydrogens (tertiary/aromatic N) is 2. The molecule has 0 spiro atoms. The fraction of sp³-hybridized carbons (Fsp3) is 0.150. The van der Waals surface area contributed by atoms with Crippen LogP contribution in [0.2, 0.25) is 0 Å². The van der Waals surface area contributed by atoms with Crippen molar-refractivity contribution < 1.29 is 18.7 Å². The molecular formula is C20H17N3O4. The van der Waals surface area contributed by atoms with Crippen LogP contribution >= 0.6 is 0 Å². The molecule has 0 aliphatic carbocycles. The Morgan fingerprint density at radius 2 is 2.00 bits per heavy atom. The van der Waals surface area contributed by atoms with Crippen LogP contribution in [0.15, 0.2) is 53.2 Å². The zero-order valence-electron chi connectivity index (χ0n) is 14.9. The summed E-state index contributed by atoms with van der Waals surface area (Å²) in [6, 6.07) is 12.0. The lowest BCUT2D eigenvalue weighted by Gasteiger charge is -2.07. The lowest BCUT2D eigenvalue weighted by molar-refractivity contribution is 0.0526. The molecule has 2 heterocycles. The van der Waals surface area contributed by atoms with Crippen molar-refractivity contribution in [2.45, 2.75) is 13.8 Å². The number of carbonyl (C=O) groups is 2. The van der Waals surface area contributed by atoms with Crippen LogP contribution in [0, 0.1) is 18.3 Å². The van der Waals surface area contributed by atoms with Crippen molar-refractivity contribution >= 4 is 17.6 Å². The Kier molecular flexibility index (Phi) is 5.08. The highest BCUT2D eigenvalue weighted by Crippen LogP contribution is 2.26.